The van der Waals surface area contributed by atoms with Gasteiger partial charge in [-0.15, -0.1) is 0 Å². The van der Waals surface area contributed by atoms with Crippen molar-refractivity contribution >= 4 is 11.7 Å². The van der Waals surface area contributed by atoms with Gasteiger partial charge in [0.2, 0.25) is 5.56 Å². The van der Waals surface area contributed by atoms with E-state index in [1.54, 1.807) is 11.0 Å². The van der Waals surface area contributed by atoms with Crippen molar-refractivity contribution in [2.75, 3.05) is 31.1 Å². The van der Waals surface area contributed by atoms with Crippen molar-refractivity contribution in [3.05, 3.63) is 39.4 Å². The van der Waals surface area contributed by atoms with Crippen molar-refractivity contribution in [1.29, 1.82) is 0 Å². The molecule has 0 aliphatic carbocycles. The highest BCUT2D eigenvalue weighted by Crippen LogP contribution is 2.20. The van der Waals surface area contributed by atoms with Crippen molar-refractivity contribution in [2.45, 2.75) is 26.7 Å². The third kappa shape index (κ3) is 3.04. The lowest BCUT2D eigenvalue weighted by Crippen LogP contribution is -2.49. The van der Waals surface area contributed by atoms with Crippen molar-refractivity contribution in [2.24, 2.45) is 0 Å². The summed E-state index contributed by atoms with van der Waals surface area (Å²) in [6.07, 6.45) is 0. The smallest absolute Gasteiger partial charge is 0.255 e. The Kier molecular flexibility index (Phi) is 4.37. The molecule has 3 heterocycles. The number of carbonyl (C=O) groups excluding carboxylic acids is 1. The lowest BCUT2D eigenvalue weighted by molar-refractivity contribution is 0.0744. The standard InChI is InChI=1S/C16H21N5O3/c1-10(2)14-12(4-5-13(22)17-14)16(23)21-8-6-20(7-9-21)15-11(3)18-24-19-15/h4-5,10H,6-9H2,1-3H3,(H,17,22). The Labute approximate surface area is 139 Å². The first-order valence-electron chi connectivity index (χ1n) is 8.04. The molecule has 8 heteroatoms. The minimum atomic E-state index is -0.186. The number of H-pyrrole nitrogens is 1. The molecule has 0 bridgehead atoms. The number of hydrogen-bond acceptors (Lipinski definition) is 6. The monoisotopic (exact) mass is 331 g/mol. The number of piperazine rings is 1. The molecule has 0 unspecified atom stereocenters. The molecule has 0 radical (unpaired) electrons. The second kappa shape index (κ2) is 6.46. The molecule has 3 rings (SSSR count). The van der Waals surface area contributed by atoms with E-state index >= 15 is 0 Å². The maximum atomic E-state index is 12.8. The van der Waals surface area contributed by atoms with E-state index in [-0.39, 0.29) is 17.4 Å². The number of hydrogen-bond donors (Lipinski definition) is 1. The number of pyridine rings is 1. The summed E-state index contributed by atoms with van der Waals surface area (Å²) in [5, 5.41) is 7.70. The molecule has 0 atom stereocenters. The summed E-state index contributed by atoms with van der Waals surface area (Å²) in [7, 11) is 0. The molecule has 1 fully saturated rings. The van der Waals surface area contributed by atoms with E-state index in [0.29, 0.717) is 37.4 Å². The predicted molar refractivity (Wildman–Crippen MR) is 88.3 cm³/mol. The molecule has 1 saturated heterocycles. The fraction of sp³-hybridized carbons (Fsp3) is 0.500. The van der Waals surface area contributed by atoms with Crippen molar-refractivity contribution < 1.29 is 9.42 Å². The maximum absolute atomic E-state index is 12.8. The largest absolute Gasteiger partial charge is 0.349 e. The molecule has 1 aliphatic rings. The molecule has 2 aromatic rings. The zero-order valence-electron chi connectivity index (χ0n) is 14.1. The number of rotatable bonds is 3. The number of amides is 1. The van der Waals surface area contributed by atoms with E-state index in [1.807, 2.05) is 20.8 Å². The van der Waals surface area contributed by atoms with Gasteiger partial charge in [0.25, 0.3) is 5.91 Å². The van der Waals surface area contributed by atoms with Gasteiger partial charge in [0.05, 0.1) is 5.56 Å². The van der Waals surface area contributed by atoms with E-state index in [4.69, 9.17) is 4.63 Å². The van der Waals surface area contributed by atoms with Crippen LogP contribution in [-0.4, -0.2) is 52.3 Å². The first kappa shape index (κ1) is 16.2. The number of nitrogens with zero attached hydrogens (tertiary/aromatic N) is 4. The van der Waals surface area contributed by atoms with Gasteiger partial charge in [-0.2, -0.15) is 0 Å². The molecule has 0 spiro atoms. The lowest BCUT2D eigenvalue weighted by atomic mass is 10.0. The van der Waals surface area contributed by atoms with Gasteiger partial charge in [-0.1, -0.05) is 19.0 Å². The Hall–Kier alpha value is -2.64. The van der Waals surface area contributed by atoms with Crippen LogP contribution in [0.3, 0.4) is 0 Å². The fourth-order valence-electron chi connectivity index (χ4n) is 2.94. The van der Waals surface area contributed by atoms with Gasteiger partial charge < -0.3 is 14.8 Å². The van der Waals surface area contributed by atoms with Crippen molar-refractivity contribution in [3.8, 4) is 0 Å². The average molecular weight is 331 g/mol. The van der Waals surface area contributed by atoms with Crippen LogP contribution in [0.2, 0.25) is 0 Å². The van der Waals surface area contributed by atoms with Crippen LogP contribution in [0.15, 0.2) is 21.6 Å². The second-order valence-corrected chi connectivity index (χ2v) is 6.26. The quantitative estimate of drug-likeness (QED) is 0.906. The zero-order valence-corrected chi connectivity index (χ0v) is 14.1. The molecule has 0 aromatic carbocycles. The van der Waals surface area contributed by atoms with E-state index < -0.39 is 0 Å². The molecule has 0 saturated carbocycles. The van der Waals surface area contributed by atoms with E-state index in [2.05, 4.69) is 20.2 Å². The average Bonchev–Trinajstić information content (AvgIpc) is 3.00. The topological polar surface area (TPSA) is 95.3 Å². The summed E-state index contributed by atoms with van der Waals surface area (Å²) in [6, 6.07) is 3.02. The molecule has 8 nitrogen and oxygen atoms in total. The Bertz CT molecular complexity index is 787. The fourth-order valence-corrected chi connectivity index (χ4v) is 2.94. The van der Waals surface area contributed by atoms with Crippen LogP contribution in [-0.2, 0) is 0 Å². The van der Waals surface area contributed by atoms with E-state index in [1.165, 1.54) is 6.07 Å². The Morgan fingerprint density at radius 3 is 2.50 bits per heavy atom. The lowest BCUT2D eigenvalue weighted by Gasteiger charge is -2.35. The summed E-state index contributed by atoms with van der Waals surface area (Å²) in [5.74, 6) is 0.751. The second-order valence-electron chi connectivity index (χ2n) is 6.26. The van der Waals surface area contributed by atoms with Gasteiger partial charge in [-0.3, -0.25) is 9.59 Å². The highest BCUT2D eigenvalue weighted by atomic mass is 16.6. The highest BCUT2D eigenvalue weighted by molar-refractivity contribution is 5.95. The summed E-state index contributed by atoms with van der Waals surface area (Å²) >= 11 is 0. The maximum Gasteiger partial charge on any atom is 0.255 e. The molecule has 1 aliphatic heterocycles. The number of nitrogens with one attached hydrogen (secondary N) is 1. The van der Waals surface area contributed by atoms with Crippen LogP contribution in [0.1, 0.15) is 41.5 Å². The van der Waals surface area contributed by atoms with Crippen molar-refractivity contribution in [3.63, 3.8) is 0 Å². The van der Waals surface area contributed by atoms with Crippen molar-refractivity contribution in [1.82, 2.24) is 20.2 Å². The Morgan fingerprint density at radius 2 is 1.92 bits per heavy atom. The van der Waals surface area contributed by atoms with Gasteiger partial charge in [-0.25, -0.2) is 4.63 Å². The van der Waals surface area contributed by atoms with E-state index in [0.717, 1.165) is 11.5 Å². The first-order valence-corrected chi connectivity index (χ1v) is 8.04. The molecule has 128 valence electrons. The van der Waals surface area contributed by atoms with Gasteiger partial charge >= 0.3 is 0 Å². The van der Waals surface area contributed by atoms with Crippen LogP contribution in [0.4, 0.5) is 5.82 Å². The molecule has 24 heavy (non-hydrogen) atoms. The third-order valence-corrected chi connectivity index (χ3v) is 4.25. The van der Waals surface area contributed by atoms with Gasteiger partial charge in [0.15, 0.2) is 5.82 Å². The van der Waals surface area contributed by atoms with E-state index in [9.17, 15) is 9.59 Å². The molecular weight excluding hydrogens is 310 g/mol. The van der Waals surface area contributed by atoms with Gasteiger partial charge in [0, 0.05) is 37.9 Å². The zero-order chi connectivity index (χ0) is 17.3. The molecule has 2 aromatic heterocycles. The number of anilines is 1. The number of aromatic nitrogens is 3. The number of carbonyl (C=O) groups is 1. The molecule has 1 amide bonds. The van der Waals surface area contributed by atoms with Crippen LogP contribution >= 0.6 is 0 Å². The summed E-state index contributed by atoms with van der Waals surface area (Å²) < 4.78 is 4.74. The third-order valence-electron chi connectivity index (χ3n) is 4.25. The highest BCUT2D eigenvalue weighted by Gasteiger charge is 2.26. The van der Waals surface area contributed by atoms with Crippen LogP contribution < -0.4 is 10.5 Å². The number of aryl methyl sites for hydroxylation is 1. The minimum absolute atomic E-state index is 0.0513. The predicted octanol–water partition coefficient (Wildman–Crippen LogP) is 1.15. The Balaban J connectivity index is 1.74. The molecular formula is C16H21N5O3. The SMILES string of the molecule is Cc1nonc1N1CCN(C(=O)c2ccc(=O)[nH]c2C(C)C)CC1. The summed E-state index contributed by atoms with van der Waals surface area (Å²) in [5.41, 5.74) is 1.82. The Morgan fingerprint density at radius 1 is 1.21 bits per heavy atom. The minimum Gasteiger partial charge on any atom is -0.349 e. The molecule has 1 N–H and O–H groups in total. The normalized spacial score (nSPS) is 15.2. The van der Waals surface area contributed by atoms with Gasteiger partial charge in [-0.05, 0) is 24.1 Å². The number of aromatic amines is 1. The summed E-state index contributed by atoms with van der Waals surface area (Å²) in [6.45, 7) is 8.27. The first-order chi connectivity index (χ1) is 11.5. The van der Waals surface area contributed by atoms with Crippen LogP contribution in [0.25, 0.3) is 0 Å². The van der Waals surface area contributed by atoms with Crippen LogP contribution in [0.5, 0.6) is 0 Å². The van der Waals surface area contributed by atoms with Crippen LogP contribution in [0, 0.1) is 6.92 Å². The van der Waals surface area contributed by atoms with Gasteiger partial charge in [0.1, 0.15) is 5.69 Å². The summed E-state index contributed by atoms with van der Waals surface area (Å²) in [4.78, 5) is 31.0.